The second-order valence-corrected chi connectivity index (χ2v) is 28.9. The molecule has 3 heterocycles. The Bertz CT molecular complexity index is 4280. The number of carbonyl (C=O) groups excluding carboxylic acids is 7. The molecule has 6 aliphatic rings. The van der Waals surface area contributed by atoms with Gasteiger partial charge in [0.05, 0.1) is 97.4 Å². The lowest BCUT2D eigenvalue weighted by Crippen LogP contribution is -2.53. The topological polar surface area (TPSA) is 521 Å². The first-order valence-corrected chi connectivity index (χ1v) is 36.3. The van der Waals surface area contributed by atoms with Crippen molar-refractivity contribution >= 4 is 73.9 Å². The number of pyridine rings is 1. The number of fused-ring (bicyclic) bond motifs is 6. The third kappa shape index (κ3) is 15.8. The van der Waals surface area contributed by atoms with Gasteiger partial charge in [-0.15, -0.1) is 0 Å². The van der Waals surface area contributed by atoms with Gasteiger partial charge >= 0.3 is 0 Å². The van der Waals surface area contributed by atoms with E-state index >= 15 is 0 Å². The van der Waals surface area contributed by atoms with Gasteiger partial charge < -0.3 is 117 Å². The van der Waals surface area contributed by atoms with Crippen LogP contribution in [-0.2, 0) is 55.8 Å². The largest absolute Gasteiger partial charge is 0.507 e. The van der Waals surface area contributed by atoms with Gasteiger partial charge in [-0.05, 0) is 68.2 Å². The van der Waals surface area contributed by atoms with E-state index in [0.717, 1.165) is 5.03 Å². The summed E-state index contributed by atoms with van der Waals surface area (Å²) in [5.74, 6) is -8.33. The molecule has 0 spiro atoms. The van der Waals surface area contributed by atoms with Crippen LogP contribution in [0.5, 0.6) is 34.5 Å². The minimum Gasteiger partial charge on any atom is -0.507 e. The number of nitrogens with one attached hydrogen (secondary N) is 3. The van der Waals surface area contributed by atoms with Crippen LogP contribution >= 0.6 is 21.6 Å². The van der Waals surface area contributed by atoms with Crippen LogP contribution in [0.25, 0.3) is 0 Å². The average Bonchev–Trinajstić information content (AvgIpc) is 0.715. The van der Waals surface area contributed by atoms with Gasteiger partial charge in [0.2, 0.25) is 17.5 Å². The van der Waals surface area contributed by atoms with Crippen molar-refractivity contribution in [3.05, 3.63) is 128 Å². The third-order valence-electron chi connectivity index (χ3n) is 19.6. The Morgan fingerprint density at radius 3 is 1.57 bits per heavy atom. The van der Waals surface area contributed by atoms with Crippen molar-refractivity contribution in [3.8, 4) is 34.5 Å². The fraction of sp³-hybridized carbons (Fsp3) is 0.465. The quantitative estimate of drug-likeness (QED) is 0.0108. The highest BCUT2D eigenvalue weighted by Crippen LogP contribution is 2.55. The number of phenols is 4. The maximum atomic E-state index is 14.3. The summed E-state index contributed by atoms with van der Waals surface area (Å²) in [6, 6.07) is 11.0. The van der Waals surface area contributed by atoms with Gasteiger partial charge in [-0.25, -0.2) is 4.98 Å². The van der Waals surface area contributed by atoms with Crippen molar-refractivity contribution < 1.29 is 123 Å². The smallest absolute Gasteiger partial charge is 0.261 e. The van der Waals surface area contributed by atoms with Crippen molar-refractivity contribution in [1.82, 2.24) is 20.9 Å². The van der Waals surface area contributed by atoms with E-state index in [9.17, 15) is 84.6 Å². The van der Waals surface area contributed by atoms with Gasteiger partial charge in [0.15, 0.2) is 37.4 Å². The molecule has 4 aromatic carbocycles. The van der Waals surface area contributed by atoms with Crippen molar-refractivity contribution in [1.29, 1.82) is 0 Å². The second-order valence-electron chi connectivity index (χ2n) is 26.4. The number of nitrogens with zero attached hydrogens (tertiary/aromatic N) is 3. The summed E-state index contributed by atoms with van der Waals surface area (Å²) in [6.07, 6.45) is -10.0. The lowest BCUT2D eigenvalue weighted by molar-refractivity contribution is -0.246. The predicted molar refractivity (Wildman–Crippen MR) is 375 cm³/mol. The Hall–Kier alpha value is -8.92. The number of aromatic hydroxyl groups is 4. The maximum absolute atomic E-state index is 14.3. The van der Waals surface area contributed by atoms with E-state index in [2.05, 4.69) is 31.2 Å². The number of oxime groups is 2. The first kappa shape index (κ1) is 78.2. The summed E-state index contributed by atoms with van der Waals surface area (Å²) in [7, 11) is 5.36. The van der Waals surface area contributed by atoms with Gasteiger partial charge in [0.1, 0.15) is 68.2 Å². The normalized spacial score (nSPS) is 25.7. The molecule has 0 bridgehead atoms. The highest BCUT2D eigenvalue weighted by Gasteiger charge is 2.53. The number of phenolic OH excluding ortho intramolecular Hbond substituents is 4. The van der Waals surface area contributed by atoms with Gasteiger partial charge in [-0.3, -0.25) is 33.6 Å². The number of hydrogen-bond donors (Lipinski definition) is 15. The number of rotatable bonds is 28. The Labute approximate surface area is 613 Å². The Kier molecular flexibility index (Phi) is 24.4. The number of unbranched alkanes of at least 4 members (excludes halogenated alkanes) is 1. The fourth-order valence-corrected chi connectivity index (χ4v) is 16.0. The van der Waals surface area contributed by atoms with E-state index in [-0.39, 0.29) is 101 Å². The number of aliphatic hydroxyl groups excluding tert-OH is 4. The molecule has 17 N–H and O–H groups in total. The molecule has 568 valence electrons. The van der Waals surface area contributed by atoms with E-state index in [1.165, 1.54) is 79.1 Å². The molecule has 4 aliphatic carbocycles. The van der Waals surface area contributed by atoms with Crippen LogP contribution < -0.4 is 36.9 Å². The molecule has 2 saturated heterocycles. The molecule has 35 heteroatoms. The summed E-state index contributed by atoms with van der Waals surface area (Å²) >= 11 is 0. The number of ether oxygens (including phenoxy) is 6. The molecule has 106 heavy (non-hydrogen) atoms. The van der Waals surface area contributed by atoms with Crippen molar-refractivity contribution in [2.24, 2.45) is 21.8 Å². The van der Waals surface area contributed by atoms with Crippen LogP contribution in [-0.4, -0.2) is 234 Å². The van der Waals surface area contributed by atoms with Crippen molar-refractivity contribution in [3.63, 3.8) is 0 Å². The van der Waals surface area contributed by atoms with E-state index in [0.29, 0.717) is 5.75 Å². The first-order chi connectivity index (χ1) is 50.7. The molecule has 3 amide bonds. The summed E-state index contributed by atoms with van der Waals surface area (Å²) in [5, 5.41) is 133. The minimum absolute atomic E-state index is 0.00797. The lowest BCUT2D eigenvalue weighted by Gasteiger charge is -2.42. The van der Waals surface area contributed by atoms with Crippen LogP contribution in [0, 0.1) is 0 Å². The molecule has 33 nitrogen and oxygen atoms in total. The van der Waals surface area contributed by atoms with Gasteiger partial charge in [0, 0.05) is 109 Å². The molecular formula is C71H82N8O25S2. The van der Waals surface area contributed by atoms with Crippen LogP contribution in [0.1, 0.15) is 157 Å². The summed E-state index contributed by atoms with van der Waals surface area (Å²) in [6.45, 7) is -0.518. The Morgan fingerprint density at radius 2 is 1.11 bits per heavy atom. The highest BCUT2D eigenvalue weighted by atomic mass is 33.1. The van der Waals surface area contributed by atoms with Crippen molar-refractivity contribution in [2.75, 3.05) is 59.5 Å². The van der Waals surface area contributed by atoms with E-state index in [1.807, 2.05) is 12.1 Å². The predicted octanol–water partition coefficient (Wildman–Crippen LogP) is 1.35. The number of aliphatic hydroxyl groups is 6. The summed E-state index contributed by atoms with van der Waals surface area (Å²) < 4.78 is 35.2. The minimum atomic E-state index is -2.37. The average molecular weight is 1510 g/mol. The highest BCUT2D eigenvalue weighted by molar-refractivity contribution is 8.76. The molecule has 2 aliphatic heterocycles. The number of ketones is 4. The summed E-state index contributed by atoms with van der Waals surface area (Å²) in [4.78, 5) is 113. The second kappa shape index (κ2) is 33.1. The van der Waals surface area contributed by atoms with E-state index < -0.39 is 228 Å². The molecular weight excluding hydrogens is 1430 g/mol. The Morgan fingerprint density at radius 1 is 0.632 bits per heavy atom. The Balaban J connectivity index is 0.750. The molecule has 1 aromatic heterocycles. The van der Waals surface area contributed by atoms with Gasteiger partial charge in [-0.2, -0.15) is 0 Å². The molecule has 11 rings (SSSR count). The molecule has 0 unspecified atom stereocenters. The third-order valence-corrected chi connectivity index (χ3v) is 21.8. The number of aromatic nitrogens is 1. The first-order valence-electron chi connectivity index (χ1n) is 34.0. The molecule has 0 saturated carbocycles. The number of carbonyl (C=O) groups is 7. The zero-order valence-electron chi connectivity index (χ0n) is 57.8. The summed E-state index contributed by atoms with van der Waals surface area (Å²) in [5.41, 5.74) is 2.88. The van der Waals surface area contributed by atoms with Crippen molar-refractivity contribution in [2.45, 2.75) is 155 Å². The number of benzene rings is 4. The standard InChI is InChI=1S/C71H82N8O25S2/c1-31-59(84)37(72)21-49(101-31)103-42-25-70(95,23-35-53(42)67(92)57-55(63(35)88)61(86)33-11-9-14-40(97-3)51(33)65(57)90)44(27-80)78-99-29-46(82)74-17-7-5-13-39(69(94)76-19-20-105-106-48-16-6-8-18-75-48)77-47(83)30-100-79-45(28-81)71(96)24-36-54(43(26-71)104-50-22-38(73)60(85)32(2)102-50)68(93)58-56(64(36)89)62(87)34-12-10-15-41(98-4)52(34)66(58)91/h6,8-12,14-16,18,31-32,37-39,42-43,49-50,59-60,80-81,84-85,88-89,92-93,95-96H,5,7,13,17,19-30,72-73H2,1-4H3,(H,74,82)(H,76,94)(H,77,83)/b78-44+,79-45+/t31-,32-,37-,38-,39-,42-,43-,49-,50-,59+,60+,70-,71-/m0/s1. The number of amides is 3. The van der Waals surface area contributed by atoms with Crippen LogP contribution in [0.4, 0.5) is 0 Å². The number of nitrogens with two attached hydrogens (primary N) is 2. The number of methoxy groups -OCH3 is 2. The fourth-order valence-electron chi connectivity index (χ4n) is 14.2. The zero-order valence-corrected chi connectivity index (χ0v) is 59.5. The van der Waals surface area contributed by atoms with Gasteiger partial charge in [-0.1, -0.05) is 51.4 Å². The molecule has 0 radical (unpaired) electrons. The van der Waals surface area contributed by atoms with E-state index in [4.69, 9.17) is 49.6 Å². The van der Waals surface area contributed by atoms with Crippen LogP contribution in [0.15, 0.2) is 76.1 Å². The number of hydrogen-bond acceptors (Lipinski definition) is 32. The zero-order chi connectivity index (χ0) is 76.2. The van der Waals surface area contributed by atoms with Crippen LogP contribution in [0.3, 0.4) is 0 Å². The van der Waals surface area contributed by atoms with E-state index in [1.54, 1.807) is 19.2 Å². The lowest BCUT2D eigenvalue weighted by atomic mass is 9.71. The molecule has 13 atom stereocenters. The molecule has 2 fully saturated rings. The molecule has 5 aromatic rings. The van der Waals surface area contributed by atoms with Gasteiger partial charge in [0.25, 0.3) is 11.8 Å². The monoisotopic (exact) mass is 1510 g/mol. The maximum Gasteiger partial charge on any atom is 0.261 e. The van der Waals surface area contributed by atoms with Crippen LogP contribution in [0.2, 0.25) is 0 Å². The SMILES string of the molecule is COc1cccc2c1C(=O)c1c(O)c3c(c(O)c1C2=O)C[C@@](O)(/C(CO)=N/OCC(=O)NCCCC[C@H](NC(=O)CO/N=C(\CO)[C@]1(O)Cc2c(O)c4c(c(O)c2[C@@H](O[C@H]2C[C@H](N)[C@H](O)[C@H](C)O2)C1)C(=O)c1c(OC)cccc1C4=O)C(=O)NCCSSc1ccccn1)C[C@@H]3O[C@H]1C[C@H](N)[C@H](O)[C@H](C)O1.